The maximum atomic E-state index is 4.21. The fourth-order valence-electron chi connectivity index (χ4n) is 1.51. The number of aryl methyl sites for hydroxylation is 1. The van der Waals surface area contributed by atoms with Gasteiger partial charge in [-0.05, 0) is 36.6 Å². The first-order valence-corrected chi connectivity index (χ1v) is 7.13. The molecular weight excluding hydrogens is 250 g/mol. The molecule has 0 aliphatic carbocycles. The molecular formula is C12H15N3S2. The fraction of sp³-hybridized carbons (Fsp3) is 0.333. The lowest BCUT2D eigenvalue weighted by Crippen LogP contribution is -2.12. The lowest BCUT2D eigenvalue weighted by Gasteiger charge is -2.09. The van der Waals surface area contributed by atoms with Crippen molar-refractivity contribution in [2.75, 3.05) is 6.54 Å². The highest BCUT2D eigenvalue weighted by molar-refractivity contribution is 8.01. The van der Waals surface area contributed by atoms with Gasteiger partial charge in [0.1, 0.15) is 6.33 Å². The summed E-state index contributed by atoms with van der Waals surface area (Å²) in [7, 11) is 0. The van der Waals surface area contributed by atoms with Gasteiger partial charge in [0.05, 0.1) is 0 Å². The van der Waals surface area contributed by atoms with Crippen LogP contribution in [0, 0.1) is 6.92 Å². The molecule has 17 heavy (non-hydrogen) atoms. The van der Waals surface area contributed by atoms with Gasteiger partial charge < -0.3 is 5.32 Å². The van der Waals surface area contributed by atoms with Crippen LogP contribution in [-0.2, 0) is 6.54 Å². The second-order valence-electron chi connectivity index (χ2n) is 3.70. The highest BCUT2D eigenvalue weighted by Gasteiger charge is 2.06. The van der Waals surface area contributed by atoms with E-state index in [4.69, 9.17) is 0 Å². The lowest BCUT2D eigenvalue weighted by molar-refractivity contribution is 0.717. The predicted octanol–water partition coefficient (Wildman–Crippen LogP) is 3.11. The molecule has 5 heteroatoms. The molecule has 0 amide bonds. The standard InChI is InChI=1S/C12H15N3S2/c1-3-13-7-10-6-9(2)4-5-11(10)16-12-14-8-15-17-12/h4-6,8,13H,3,7H2,1-2H3. The molecule has 0 radical (unpaired) electrons. The van der Waals surface area contributed by atoms with Gasteiger partial charge in [0, 0.05) is 11.4 Å². The van der Waals surface area contributed by atoms with Crippen LogP contribution in [0.15, 0.2) is 33.8 Å². The summed E-state index contributed by atoms with van der Waals surface area (Å²) in [5.41, 5.74) is 2.62. The highest BCUT2D eigenvalue weighted by atomic mass is 32.2. The second-order valence-corrected chi connectivity index (χ2v) is 5.77. The van der Waals surface area contributed by atoms with Crippen LogP contribution < -0.4 is 5.32 Å². The Morgan fingerprint density at radius 3 is 3.00 bits per heavy atom. The van der Waals surface area contributed by atoms with Gasteiger partial charge in [-0.25, -0.2) is 4.98 Å². The van der Waals surface area contributed by atoms with Crippen molar-refractivity contribution in [3.63, 3.8) is 0 Å². The Hall–Kier alpha value is -0.910. The SMILES string of the molecule is CCNCc1cc(C)ccc1Sc1ncns1. The summed E-state index contributed by atoms with van der Waals surface area (Å²) in [5, 5.41) is 3.37. The zero-order valence-corrected chi connectivity index (χ0v) is 11.6. The number of hydrogen-bond acceptors (Lipinski definition) is 5. The number of aromatic nitrogens is 2. The minimum atomic E-state index is 0.902. The van der Waals surface area contributed by atoms with E-state index < -0.39 is 0 Å². The van der Waals surface area contributed by atoms with E-state index >= 15 is 0 Å². The normalized spacial score (nSPS) is 10.7. The van der Waals surface area contributed by atoms with Crippen molar-refractivity contribution in [3.05, 3.63) is 35.7 Å². The molecule has 1 heterocycles. The third kappa shape index (κ3) is 3.52. The van der Waals surface area contributed by atoms with Crippen LogP contribution in [0.2, 0.25) is 0 Å². The van der Waals surface area contributed by atoms with Crippen molar-refractivity contribution >= 4 is 23.3 Å². The highest BCUT2D eigenvalue weighted by Crippen LogP contribution is 2.31. The first kappa shape index (κ1) is 12.5. The Labute approximate surface area is 110 Å². The zero-order valence-electron chi connectivity index (χ0n) is 9.93. The molecule has 3 nitrogen and oxygen atoms in total. The summed E-state index contributed by atoms with van der Waals surface area (Å²) in [6.45, 7) is 6.12. The van der Waals surface area contributed by atoms with Gasteiger partial charge >= 0.3 is 0 Å². The van der Waals surface area contributed by atoms with Crippen molar-refractivity contribution < 1.29 is 0 Å². The molecule has 0 atom stereocenters. The van der Waals surface area contributed by atoms with Gasteiger partial charge in [0.15, 0.2) is 4.34 Å². The first-order chi connectivity index (χ1) is 8.29. The molecule has 0 saturated heterocycles. The monoisotopic (exact) mass is 265 g/mol. The van der Waals surface area contributed by atoms with Crippen LogP contribution in [0.25, 0.3) is 0 Å². The average molecular weight is 265 g/mol. The van der Waals surface area contributed by atoms with E-state index in [1.165, 1.54) is 27.6 Å². The van der Waals surface area contributed by atoms with Gasteiger partial charge in [-0.3, -0.25) is 0 Å². The summed E-state index contributed by atoms with van der Waals surface area (Å²) in [5.74, 6) is 0. The van der Waals surface area contributed by atoms with E-state index in [0.29, 0.717) is 0 Å². The van der Waals surface area contributed by atoms with Crippen LogP contribution in [0.1, 0.15) is 18.1 Å². The van der Waals surface area contributed by atoms with Gasteiger partial charge in [0.2, 0.25) is 0 Å². The third-order valence-electron chi connectivity index (χ3n) is 2.32. The number of benzene rings is 1. The smallest absolute Gasteiger partial charge is 0.174 e. The molecule has 0 bridgehead atoms. The minimum Gasteiger partial charge on any atom is -0.313 e. The minimum absolute atomic E-state index is 0.902. The quantitative estimate of drug-likeness (QED) is 0.901. The molecule has 0 aliphatic heterocycles. The number of nitrogens with zero attached hydrogens (tertiary/aromatic N) is 2. The van der Waals surface area contributed by atoms with Crippen molar-refractivity contribution in [2.24, 2.45) is 0 Å². The first-order valence-electron chi connectivity index (χ1n) is 5.54. The predicted molar refractivity (Wildman–Crippen MR) is 72.6 cm³/mol. The van der Waals surface area contributed by atoms with Gasteiger partial charge in [-0.1, -0.05) is 36.4 Å². The molecule has 0 saturated carbocycles. The van der Waals surface area contributed by atoms with E-state index in [9.17, 15) is 0 Å². The maximum Gasteiger partial charge on any atom is 0.174 e. The molecule has 1 N–H and O–H groups in total. The Kier molecular flexibility index (Phi) is 4.53. The molecule has 1 aromatic carbocycles. The number of nitrogens with one attached hydrogen (secondary N) is 1. The van der Waals surface area contributed by atoms with Crippen LogP contribution in [0.4, 0.5) is 0 Å². The van der Waals surface area contributed by atoms with Gasteiger partial charge in [0.25, 0.3) is 0 Å². The molecule has 0 unspecified atom stereocenters. The lowest BCUT2D eigenvalue weighted by atomic mass is 10.1. The number of rotatable bonds is 5. The Bertz CT molecular complexity index is 469. The van der Waals surface area contributed by atoms with Crippen molar-refractivity contribution in [2.45, 2.75) is 29.6 Å². The molecule has 2 aromatic rings. The molecule has 90 valence electrons. The largest absolute Gasteiger partial charge is 0.313 e. The summed E-state index contributed by atoms with van der Waals surface area (Å²) in [6, 6.07) is 6.53. The second kappa shape index (κ2) is 6.14. The maximum absolute atomic E-state index is 4.21. The third-order valence-corrected chi connectivity index (χ3v) is 4.15. The van der Waals surface area contributed by atoms with E-state index in [2.05, 4.69) is 46.7 Å². The molecule has 0 spiro atoms. The fourth-order valence-corrected chi connectivity index (χ4v) is 3.02. The van der Waals surface area contributed by atoms with Crippen LogP contribution in [-0.4, -0.2) is 15.9 Å². The summed E-state index contributed by atoms with van der Waals surface area (Å²) >= 11 is 3.12. The average Bonchev–Trinajstić information content (AvgIpc) is 2.82. The molecule has 0 fully saturated rings. The van der Waals surface area contributed by atoms with E-state index in [1.807, 2.05) is 0 Å². The Morgan fingerprint density at radius 2 is 2.29 bits per heavy atom. The van der Waals surface area contributed by atoms with Crippen LogP contribution in [0.3, 0.4) is 0 Å². The Balaban J connectivity index is 2.19. The molecule has 2 rings (SSSR count). The summed E-state index contributed by atoms with van der Waals surface area (Å²) in [6.07, 6.45) is 1.60. The van der Waals surface area contributed by atoms with E-state index in [1.54, 1.807) is 18.1 Å². The van der Waals surface area contributed by atoms with Crippen molar-refractivity contribution in [1.82, 2.24) is 14.7 Å². The van der Waals surface area contributed by atoms with Gasteiger partial charge in [-0.15, -0.1) is 0 Å². The zero-order chi connectivity index (χ0) is 12.1. The summed E-state index contributed by atoms with van der Waals surface area (Å²) in [4.78, 5) is 5.46. The van der Waals surface area contributed by atoms with E-state index in [0.717, 1.165) is 17.4 Å². The van der Waals surface area contributed by atoms with E-state index in [-0.39, 0.29) is 0 Å². The topological polar surface area (TPSA) is 37.8 Å². The molecule has 0 aliphatic rings. The summed E-state index contributed by atoms with van der Waals surface area (Å²) < 4.78 is 5.01. The molecule has 1 aromatic heterocycles. The van der Waals surface area contributed by atoms with Crippen molar-refractivity contribution in [3.8, 4) is 0 Å². The number of hydrogen-bond donors (Lipinski definition) is 1. The van der Waals surface area contributed by atoms with Crippen LogP contribution in [0.5, 0.6) is 0 Å². The van der Waals surface area contributed by atoms with Crippen molar-refractivity contribution in [1.29, 1.82) is 0 Å². The van der Waals surface area contributed by atoms with Gasteiger partial charge in [-0.2, -0.15) is 4.37 Å². The Morgan fingerprint density at radius 1 is 1.41 bits per heavy atom. The van der Waals surface area contributed by atoms with Crippen LogP contribution >= 0.6 is 23.3 Å².